The van der Waals surface area contributed by atoms with Crippen molar-refractivity contribution in [1.29, 1.82) is 0 Å². The minimum absolute atomic E-state index is 0.900. The largest absolute Gasteiger partial charge is 0.478 e. The van der Waals surface area contributed by atoms with Crippen LogP contribution in [0.4, 0.5) is 0 Å². The third-order valence-corrected chi connectivity index (χ3v) is 4.32. The molecule has 1 aromatic rings. The van der Waals surface area contributed by atoms with Crippen LogP contribution in [0.15, 0.2) is 17.5 Å². The highest BCUT2D eigenvalue weighted by Gasteiger charge is 2.15. The first-order valence-electron chi connectivity index (χ1n) is 6.60. The molecule has 5 heteroatoms. The highest BCUT2D eigenvalue weighted by Crippen LogP contribution is 2.18. The summed E-state index contributed by atoms with van der Waals surface area (Å²) in [6.45, 7) is 8.84. The molecule has 19 heavy (non-hydrogen) atoms. The standard InChI is InChI=1S/C14H20N2O2S/c1-2-15-5-7-16(8-6-15)10-13-9-12(11-19-13)3-4-14(17)18/h3-4,9,11H,2,5-8,10H2,1H3,(H,17,18). The van der Waals surface area contributed by atoms with Crippen molar-refractivity contribution in [3.05, 3.63) is 28.0 Å². The molecule has 1 fully saturated rings. The van der Waals surface area contributed by atoms with Crippen LogP contribution in [0.25, 0.3) is 6.08 Å². The van der Waals surface area contributed by atoms with Gasteiger partial charge in [0.1, 0.15) is 0 Å². The molecule has 0 saturated carbocycles. The number of hydrogen-bond acceptors (Lipinski definition) is 4. The van der Waals surface area contributed by atoms with E-state index in [9.17, 15) is 4.79 Å². The molecule has 0 aliphatic carbocycles. The van der Waals surface area contributed by atoms with E-state index in [4.69, 9.17) is 5.11 Å². The van der Waals surface area contributed by atoms with Crippen molar-refractivity contribution in [3.8, 4) is 0 Å². The lowest BCUT2D eigenvalue weighted by atomic mass is 10.2. The number of hydrogen-bond donors (Lipinski definition) is 1. The zero-order chi connectivity index (χ0) is 13.7. The maximum atomic E-state index is 10.5. The summed E-state index contributed by atoms with van der Waals surface area (Å²) in [6, 6.07) is 2.08. The van der Waals surface area contributed by atoms with Gasteiger partial charge in [0.15, 0.2) is 0 Å². The molecule has 1 saturated heterocycles. The molecule has 1 aliphatic heterocycles. The summed E-state index contributed by atoms with van der Waals surface area (Å²) in [6.07, 6.45) is 2.84. The van der Waals surface area contributed by atoms with E-state index in [0.29, 0.717) is 0 Å². The lowest BCUT2D eigenvalue weighted by Gasteiger charge is -2.33. The Balaban J connectivity index is 1.85. The molecule has 2 heterocycles. The molecule has 1 aliphatic rings. The van der Waals surface area contributed by atoms with E-state index in [1.54, 1.807) is 17.4 Å². The van der Waals surface area contributed by atoms with E-state index in [1.165, 1.54) is 11.0 Å². The van der Waals surface area contributed by atoms with Gasteiger partial charge in [-0.2, -0.15) is 0 Å². The van der Waals surface area contributed by atoms with Crippen molar-refractivity contribution >= 4 is 23.4 Å². The van der Waals surface area contributed by atoms with Crippen LogP contribution in [-0.2, 0) is 11.3 Å². The molecule has 0 amide bonds. The fourth-order valence-corrected chi connectivity index (χ4v) is 3.11. The average Bonchev–Trinajstić information content (AvgIpc) is 2.85. The number of carbonyl (C=O) groups is 1. The Hall–Kier alpha value is -1.17. The summed E-state index contributed by atoms with van der Waals surface area (Å²) in [7, 11) is 0. The van der Waals surface area contributed by atoms with E-state index in [-0.39, 0.29) is 0 Å². The van der Waals surface area contributed by atoms with Crippen molar-refractivity contribution < 1.29 is 9.90 Å². The normalized spacial score (nSPS) is 18.2. The van der Waals surface area contributed by atoms with Gasteiger partial charge in [-0.25, -0.2) is 4.79 Å². The molecule has 2 rings (SSSR count). The molecule has 1 N–H and O–H groups in total. The highest BCUT2D eigenvalue weighted by molar-refractivity contribution is 7.10. The molecule has 0 radical (unpaired) electrons. The number of thiophene rings is 1. The Bertz CT molecular complexity index is 448. The second-order valence-corrected chi connectivity index (χ2v) is 5.72. The Morgan fingerprint density at radius 1 is 1.37 bits per heavy atom. The number of carboxylic acid groups (broad SMARTS) is 1. The summed E-state index contributed by atoms with van der Waals surface area (Å²) in [5.74, 6) is -0.900. The fraction of sp³-hybridized carbons (Fsp3) is 0.500. The maximum absolute atomic E-state index is 10.5. The Morgan fingerprint density at radius 2 is 2.05 bits per heavy atom. The number of aliphatic carboxylic acids is 1. The van der Waals surface area contributed by atoms with E-state index in [1.807, 2.05) is 5.38 Å². The summed E-state index contributed by atoms with van der Waals surface area (Å²) in [5.41, 5.74) is 0.981. The van der Waals surface area contributed by atoms with Crippen molar-refractivity contribution in [2.24, 2.45) is 0 Å². The molecule has 4 nitrogen and oxygen atoms in total. The molecular weight excluding hydrogens is 260 g/mol. The molecule has 0 atom stereocenters. The second kappa shape index (κ2) is 6.84. The van der Waals surface area contributed by atoms with Crippen molar-refractivity contribution in [1.82, 2.24) is 9.80 Å². The Kier molecular flexibility index (Phi) is 5.13. The quantitative estimate of drug-likeness (QED) is 0.838. The van der Waals surface area contributed by atoms with Gasteiger partial charge in [0.05, 0.1) is 0 Å². The van der Waals surface area contributed by atoms with Gasteiger partial charge in [0.25, 0.3) is 0 Å². The van der Waals surface area contributed by atoms with Gasteiger partial charge in [-0.05, 0) is 29.6 Å². The smallest absolute Gasteiger partial charge is 0.328 e. The number of nitrogens with zero attached hydrogens (tertiary/aromatic N) is 2. The highest BCUT2D eigenvalue weighted by atomic mass is 32.1. The third-order valence-electron chi connectivity index (χ3n) is 3.38. The average molecular weight is 280 g/mol. The molecule has 104 valence electrons. The topological polar surface area (TPSA) is 43.8 Å². The van der Waals surface area contributed by atoms with Gasteiger partial charge in [0.2, 0.25) is 0 Å². The van der Waals surface area contributed by atoms with Crippen molar-refractivity contribution in [2.75, 3.05) is 32.7 Å². The van der Waals surface area contributed by atoms with E-state index in [0.717, 1.165) is 44.8 Å². The summed E-state index contributed by atoms with van der Waals surface area (Å²) in [4.78, 5) is 16.7. The predicted molar refractivity (Wildman–Crippen MR) is 78.4 cm³/mol. The first kappa shape index (κ1) is 14.2. The molecular formula is C14H20N2O2S. The van der Waals surface area contributed by atoms with Crippen LogP contribution in [-0.4, -0.2) is 53.6 Å². The molecule has 0 unspecified atom stereocenters. The fourth-order valence-electron chi connectivity index (χ4n) is 2.22. The van der Waals surface area contributed by atoms with Gasteiger partial charge in [0, 0.05) is 43.7 Å². The summed E-state index contributed by atoms with van der Waals surface area (Å²) in [5, 5.41) is 10.6. The lowest BCUT2D eigenvalue weighted by Crippen LogP contribution is -2.45. The van der Waals surface area contributed by atoms with Gasteiger partial charge in [-0.3, -0.25) is 4.90 Å². The SMILES string of the molecule is CCN1CCN(Cc2cc(C=CC(=O)O)cs2)CC1. The van der Waals surface area contributed by atoms with Gasteiger partial charge < -0.3 is 10.0 Å². The summed E-state index contributed by atoms with van der Waals surface area (Å²) < 4.78 is 0. The van der Waals surface area contributed by atoms with E-state index < -0.39 is 5.97 Å². The van der Waals surface area contributed by atoms with Crippen molar-refractivity contribution in [2.45, 2.75) is 13.5 Å². The van der Waals surface area contributed by atoms with Crippen molar-refractivity contribution in [3.63, 3.8) is 0 Å². The molecule has 1 aromatic heterocycles. The minimum Gasteiger partial charge on any atom is -0.478 e. The van der Waals surface area contributed by atoms with Crippen LogP contribution in [0, 0.1) is 0 Å². The van der Waals surface area contributed by atoms with Crippen LogP contribution in [0.5, 0.6) is 0 Å². The van der Waals surface area contributed by atoms with E-state index in [2.05, 4.69) is 22.8 Å². The monoisotopic (exact) mass is 280 g/mol. The predicted octanol–water partition coefficient (Wildman–Crippen LogP) is 1.98. The molecule has 0 aromatic carbocycles. The summed E-state index contributed by atoms with van der Waals surface area (Å²) >= 11 is 1.70. The lowest BCUT2D eigenvalue weighted by molar-refractivity contribution is -0.131. The number of rotatable bonds is 5. The van der Waals surface area contributed by atoms with Crippen LogP contribution in [0.2, 0.25) is 0 Å². The molecule has 0 spiro atoms. The van der Waals surface area contributed by atoms with Crippen LogP contribution >= 0.6 is 11.3 Å². The van der Waals surface area contributed by atoms with Crippen LogP contribution in [0.1, 0.15) is 17.4 Å². The van der Waals surface area contributed by atoms with Gasteiger partial charge in [-0.15, -0.1) is 11.3 Å². The Labute approximate surface area is 118 Å². The molecule has 0 bridgehead atoms. The third kappa shape index (κ3) is 4.45. The van der Waals surface area contributed by atoms with Crippen LogP contribution < -0.4 is 0 Å². The first-order valence-corrected chi connectivity index (χ1v) is 7.48. The number of carboxylic acids is 1. The number of likely N-dealkylation sites (N-methyl/N-ethyl adjacent to an activating group) is 1. The zero-order valence-electron chi connectivity index (χ0n) is 11.2. The first-order chi connectivity index (χ1) is 9.17. The van der Waals surface area contributed by atoms with Gasteiger partial charge >= 0.3 is 5.97 Å². The number of piperazine rings is 1. The minimum atomic E-state index is -0.900. The Morgan fingerprint density at radius 3 is 2.68 bits per heavy atom. The van der Waals surface area contributed by atoms with E-state index >= 15 is 0 Å². The zero-order valence-corrected chi connectivity index (χ0v) is 12.0. The van der Waals surface area contributed by atoms with Gasteiger partial charge in [-0.1, -0.05) is 6.92 Å². The second-order valence-electron chi connectivity index (χ2n) is 4.73. The maximum Gasteiger partial charge on any atom is 0.328 e. The van der Waals surface area contributed by atoms with Crippen LogP contribution in [0.3, 0.4) is 0 Å².